The second-order valence-electron chi connectivity index (χ2n) is 10.1. The van der Waals surface area contributed by atoms with Crippen molar-refractivity contribution in [1.29, 1.82) is 5.41 Å². The maximum Gasteiger partial charge on any atom is 0.352 e. The second kappa shape index (κ2) is 11.6. The third-order valence-electron chi connectivity index (χ3n) is 7.30. The summed E-state index contributed by atoms with van der Waals surface area (Å²) >= 11 is 2.31. The fraction of sp³-hybridized carbons (Fsp3) is 0.259. The van der Waals surface area contributed by atoms with Gasteiger partial charge in [0.1, 0.15) is 36.2 Å². The molecule has 1 fully saturated rings. The Morgan fingerprint density at radius 2 is 2.18 bits per heavy atom. The molecule has 2 aliphatic rings. The number of aromatic nitrogens is 4. The van der Waals surface area contributed by atoms with E-state index in [1.54, 1.807) is 6.07 Å². The number of aliphatic carboxylic acids is 1. The number of rotatable bonds is 11. The highest BCUT2D eigenvalue weighted by Gasteiger charge is 2.54. The van der Waals surface area contributed by atoms with E-state index in [-0.39, 0.29) is 41.2 Å². The fourth-order valence-electron chi connectivity index (χ4n) is 5.27. The number of nitrogens with two attached hydrogens (primary N) is 2. The lowest BCUT2D eigenvalue weighted by Gasteiger charge is -2.49. The molecule has 0 bridgehead atoms. The van der Waals surface area contributed by atoms with Crippen LogP contribution < -0.4 is 16.0 Å². The molecule has 0 saturated carbocycles. The van der Waals surface area contributed by atoms with E-state index in [2.05, 4.69) is 14.5 Å². The number of fused-ring (bicyclic) bond motifs is 2. The maximum atomic E-state index is 13.3. The van der Waals surface area contributed by atoms with Crippen LogP contribution in [0.25, 0.3) is 10.9 Å². The van der Waals surface area contributed by atoms with E-state index in [1.165, 1.54) is 30.0 Å². The monoisotopic (exact) mass is 636 g/mol. The number of hydrogen-bond acceptors (Lipinski definition) is 12. The fourth-order valence-corrected chi connectivity index (χ4v) is 7.11. The van der Waals surface area contributed by atoms with E-state index in [0.717, 1.165) is 22.4 Å². The summed E-state index contributed by atoms with van der Waals surface area (Å²) in [5.41, 5.74) is 12.9. The molecule has 4 aromatic rings. The van der Waals surface area contributed by atoms with E-state index in [0.29, 0.717) is 29.2 Å². The van der Waals surface area contributed by atoms with Gasteiger partial charge in [-0.05, 0) is 12.1 Å². The van der Waals surface area contributed by atoms with Gasteiger partial charge in [-0.2, -0.15) is 13.9 Å². The minimum Gasteiger partial charge on any atom is -0.477 e. The van der Waals surface area contributed by atoms with Crippen molar-refractivity contribution in [2.24, 2.45) is 16.8 Å². The van der Waals surface area contributed by atoms with Gasteiger partial charge in [0.15, 0.2) is 35.6 Å². The highest BCUT2D eigenvalue weighted by Crippen LogP contribution is 2.45. The van der Waals surface area contributed by atoms with Crippen LogP contribution in [-0.4, -0.2) is 71.4 Å². The van der Waals surface area contributed by atoms with Crippen molar-refractivity contribution in [3.8, 4) is 0 Å². The quantitative estimate of drug-likeness (QED) is 0.0602. The van der Waals surface area contributed by atoms with Crippen molar-refractivity contribution in [2.45, 2.75) is 24.9 Å². The number of nitrogens with zero attached hydrogens (tertiary/aromatic N) is 6. The van der Waals surface area contributed by atoms with Crippen molar-refractivity contribution >= 4 is 68.5 Å². The molecule has 0 unspecified atom stereocenters. The first-order valence-corrected chi connectivity index (χ1v) is 15.0. The lowest BCUT2D eigenvalue weighted by molar-refractivity contribution is -0.687. The normalized spacial score (nSPS) is 18.3. The second-order valence-corrected chi connectivity index (χ2v) is 12.0. The molecule has 6 heterocycles. The Hall–Kier alpha value is -5.03. The van der Waals surface area contributed by atoms with Gasteiger partial charge >= 0.3 is 5.97 Å². The molecular formula is C27H26N9O6S2+. The molecular weight excluding hydrogens is 610 g/mol. The number of carbonyl (C=O) groups excluding carboxylic acids is 2. The van der Waals surface area contributed by atoms with Crippen LogP contribution in [0.5, 0.6) is 0 Å². The lowest BCUT2D eigenvalue weighted by atomic mass is 9.89. The van der Waals surface area contributed by atoms with Crippen molar-refractivity contribution in [1.82, 2.24) is 18.8 Å². The number of thioether (sulfide) groups is 1. The Labute approximate surface area is 257 Å². The van der Waals surface area contributed by atoms with Crippen LogP contribution >= 0.6 is 23.3 Å². The number of carbonyl (C=O) groups is 3. The van der Waals surface area contributed by atoms with Gasteiger partial charge in [0.25, 0.3) is 0 Å². The van der Waals surface area contributed by atoms with Gasteiger partial charge in [0, 0.05) is 46.9 Å². The zero-order valence-corrected chi connectivity index (χ0v) is 24.8. The molecule has 0 spiro atoms. The Morgan fingerprint density at radius 1 is 1.36 bits per heavy atom. The number of carboxylic acid groups (broad SMARTS) is 1. The zero-order chi connectivity index (χ0) is 31.1. The molecule has 4 aromatic heterocycles. The number of carboxylic acids is 1. The average molecular weight is 637 g/mol. The number of amidine groups is 1. The molecule has 226 valence electrons. The molecule has 1 amide bonds. The van der Waals surface area contributed by atoms with E-state index >= 15 is 0 Å². The number of β-lactam (4-membered cyclic amide) rings is 1. The van der Waals surface area contributed by atoms with Crippen molar-refractivity contribution < 1.29 is 33.3 Å². The Kier molecular flexibility index (Phi) is 7.64. The largest absolute Gasteiger partial charge is 0.477 e. The molecule has 6 rings (SSSR count). The van der Waals surface area contributed by atoms with E-state index in [1.807, 2.05) is 39.9 Å². The first-order chi connectivity index (χ1) is 21.1. The number of nitrogen functional groups attached to an aromatic ring is 2. The summed E-state index contributed by atoms with van der Waals surface area (Å²) in [5.74, 6) is -1.98. The van der Waals surface area contributed by atoms with Gasteiger partial charge < -0.3 is 30.4 Å². The number of amides is 1. The van der Waals surface area contributed by atoms with E-state index < -0.39 is 29.0 Å². The molecule has 15 nitrogen and oxygen atoms in total. The maximum absolute atomic E-state index is 13.3. The summed E-state index contributed by atoms with van der Waals surface area (Å²) in [6.45, 7) is 0.652. The minimum absolute atomic E-state index is 0.0118. The zero-order valence-electron chi connectivity index (χ0n) is 23.2. The van der Waals surface area contributed by atoms with Gasteiger partial charge in [-0.1, -0.05) is 5.16 Å². The number of oxime groups is 1. The molecule has 0 aromatic carbocycles. The molecule has 6 N–H and O–H groups in total. The first-order valence-electron chi connectivity index (χ1n) is 13.2. The number of anilines is 1. The summed E-state index contributed by atoms with van der Waals surface area (Å²) in [4.78, 5) is 48.8. The predicted octanol–water partition coefficient (Wildman–Crippen LogP) is 1.17. The number of hydrogen-bond donors (Lipinski definition) is 4. The smallest absolute Gasteiger partial charge is 0.352 e. The SMILES string of the molecule is CO/N=C(\C(=O)C[C@@H]1C(=O)N2C(C(=O)O)=C(C[n+]3ccc4ccn(Cc5cc(C(=N)N)co5)c4c3)CS[C@H]12)c1nsc(N)n1. The third-order valence-corrected chi connectivity index (χ3v) is 9.24. The molecule has 0 aliphatic carbocycles. The lowest BCUT2D eigenvalue weighted by Crippen LogP contribution is -2.62. The topological polar surface area (TPSA) is 220 Å². The summed E-state index contributed by atoms with van der Waals surface area (Å²) in [7, 11) is 1.28. The van der Waals surface area contributed by atoms with Gasteiger partial charge in [-0.25, -0.2) is 4.79 Å². The van der Waals surface area contributed by atoms with Crippen molar-refractivity contribution in [2.75, 3.05) is 18.6 Å². The number of nitrogens with one attached hydrogen (secondary N) is 1. The number of pyridine rings is 1. The van der Waals surface area contributed by atoms with E-state index in [9.17, 15) is 19.5 Å². The van der Waals surface area contributed by atoms with Gasteiger partial charge in [-0.3, -0.25) is 19.9 Å². The Balaban J connectivity index is 1.21. The number of furan rings is 1. The third kappa shape index (κ3) is 5.30. The van der Waals surface area contributed by atoms with Crippen LogP contribution in [0.15, 0.2) is 63.9 Å². The summed E-state index contributed by atoms with van der Waals surface area (Å²) < 4.78 is 13.4. The molecule has 2 atom stereocenters. The molecule has 17 heteroatoms. The summed E-state index contributed by atoms with van der Waals surface area (Å²) in [6, 6.07) is 5.60. The standard InChI is InChI=1S/C27H25N9O6S2/c1-41-32-20(23-31-27(30)44-33-23)19(37)7-17-24(38)36-21(26(39)40)15(12-43-25(17)36)8-34-4-2-13-3-5-35(18(13)10-34)9-16-6-14(11-42-16)22(28)29/h2-6,10-11,17,25H,7-9,12H2,1H3,(H5-,28,29,30,31,33,39,40)/p+1/b32-20+/t17-,25-/m1/s1. The van der Waals surface area contributed by atoms with Crippen LogP contribution in [0.3, 0.4) is 0 Å². The molecule has 2 aliphatic heterocycles. The van der Waals surface area contributed by atoms with Crippen molar-refractivity contribution in [3.05, 3.63) is 71.5 Å². The van der Waals surface area contributed by atoms with E-state index in [4.69, 9.17) is 26.1 Å². The molecule has 0 radical (unpaired) electrons. The number of ketones is 1. The summed E-state index contributed by atoms with van der Waals surface area (Å²) in [5, 5.41) is 22.1. The van der Waals surface area contributed by atoms with Crippen LogP contribution in [0.2, 0.25) is 0 Å². The van der Waals surface area contributed by atoms with Gasteiger partial charge in [0.2, 0.25) is 11.7 Å². The minimum atomic E-state index is -1.21. The van der Waals surface area contributed by atoms with Gasteiger partial charge in [-0.15, -0.1) is 11.8 Å². The van der Waals surface area contributed by atoms with Crippen LogP contribution in [0, 0.1) is 11.3 Å². The summed E-state index contributed by atoms with van der Waals surface area (Å²) in [6.07, 6.45) is 6.91. The van der Waals surface area contributed by atoms with Gasteiger partial charge in [0.05, 0.1) is 23.4 Å². The highest BCUT2D eigenvalue weighted by atomic mass is 32.2. The van der Waals surface area contributed by atoms with Crippen molar-refractivity contribution in [3.63, 3.8) is 0 Å². The predicted molar refractivity (Wildman–Crippen MR) is 160 cm³/mol. The molecule has 1 saturated heterocycles. The number of Topliss-reactive ketones (excluding diaryl/α,β-unsaturated/α-hetero) is 1. The van der Waals surface area contributed by atoms with Crippen LogP contribution in [0.1, 0.15) is 23.6 Å². The first kappa shape index (κ1) is 29.1. The highest BCUT2D eigenvalue weighted by molar-refractivity contribution is 8.00. The van der Waals surface area contributed by atoms with Crippen LogP contribution in [0.4, 0.5) is 5.13 Å². The Morgan fingerprint density at radius 3 is 2.86 bits per heavy atom. The average Bonchev–Trinajstić information content (AvgIpc) is 3.75. The Bertz CT molecular complexity index is 1890. The molecule has 44 heavy (non-hydrogen) atoms. The van der Waals surface area contributed by atoms with Crippen LogP contribution in [-0.2, 0) is 32.3 Å².